The van der Waals surface area contributed by atoms with Crippen LogP contribution in [0.5, 0.6) is 0 Å². The Labute approximate surface area is 128 Å². The largest absolute Gasteiger partial charge is 0.351 e. The monoisotopic (exact) mass is 291 g/mol. The predicted octanol–water partition coefficient (Wildman–Crippen LogP) is 3.40. The van der Waals surface area contributed by atoms with Gasteiger partial charge in [-0.3, -0.25) is 9.78 Å². The molecule has 110 valence electrons. The molecule has 1 unspecified atom stereocenters. The van der Waals surface area contributed by atoms with E-state index in [1.165, 1.54) is 0 Å². The van der Waals surface area contributed by atoms with Crippen molar-refractivity contribution in [3.8, 4) is 11.1 Å². The first kappa shape index (κ1) is 13.1. The minimum absolute atomic E-state index is 0.0116. The molecule has 0 saturated heterocycles. The van der Waals surface area contributed by atoms with Crippen LogP contribution < -0.4 is 5.32 Å². The van der Waals surface area contributed by atoms with Crippen molar-refractivity contribution < 1.29 is 4.79 Å². The van der Waals surface area contributed by atoms with E-state index in [-0.39, 0.29) is 5.91 Å². The Balaban J connectivity index is 1.92. The van der Waals surface area contributed by atoms with Gasteiger partial charge in [0.15, 0.2) is 0 Å². The highest BCUT2D eigenvalue weighted by atomic mass is 16.2. The van der Waals surface area contributed by atoms with Crippen LogP contribution in [0.15, 0.2) is 48.9 Å². The minimum Gasteiger partial charge on any atom is -0.351 e. The van der Waals surface area contributed by atoms with Crippen molar-refractivity contribution in [2.75, 3.05) is 6.54 Å². The molecule has 1 aliphatic heterocycles. The van der Waals surface area contributed by atoms with Gasteiger partial charge < -0.3 is 9.88 Å². The molecular weight excluding hydrogens is 274 g/mol. The lowest BCUT2D eigenvalue weighted by Crippen LogP contribution is -2.22. The smallest absolute Gasteiger partial charge is 0.267 e. The van der Waals surface area contributed by atoms with Gasteiger partial charge in [-0.2, -0.15) is 0 Å². The molecule has 1 amide bonds. The summed E-state index contributed by atoms with van der Waals surface area (Å²) in [5, 5.41) is 5.23. The highest BCUT2D eigenvalue weighted by Crippen LogP contribution is 2.31. The van der Waals surface area contributed by atoms with Crippen LogP contribution in [0.1, 0.15) is 29.9 Å². The fraction of sp³-hybridized carbons (Fsp3) is 0.222. The van der Waals surface area contributed by atoms with Crippen LogP contribution in [-0.2, 0) is 0 Å². The third-order valence-electron chi connectivity index (χ3n) is 4.40. The summed E-state index contributed by atoms with van der Waals surface area (Å²) >= 11 is 0. The Hall–Kier alpha value is -2.62. The molecule has 0 saturated carbocycles. The second kappa shape index (κ2) is 4.98. The highest BCUT2D eigenvalue weighted by Gasteiger charge is 2.21. The van der Waals surface area contributed by atoms with Crippen molar-refractivity contribution in [2.45, 2.75) is 19.4 Å². The van der Waals surface area contributed by atoms with Gasteiger partial charge in [0.25, 0.3) is 5.91 Å². The van der Waals surface area contributed by atoms with Gasteiger partial charge in [-0.25, -0.2) is 0 Å². The van der Waals surface area contributed by atoms with Crippen LogP contribution in [0, 0.1) is 0 Å². The van der Waals surface area contributed by atoms with Gasteiger partial charge in [0.05, 0.1) is 0 Å². The van der Waals surface area contributed by atoms with E-state index in [2.05, 4.69) is 40.1 Å². The molecule has 0 bridgehead atoms. The van der Waals surface area contributed by atoms with Gasteiger partial charge in [0.2, 0.25) is 0 Å². The van der Waals surface area contributed by atoms with E-state index in [1.807, 2.05) is 30.6 Å². The zero-order valence-corrected chi connectivity index (χ0v) is 12.4. The molecule has 0 fully saturated rings. The standard InChI is InChI=1S/C18H17N3O/c1-12-5-8-20-18(22)17-9-14(11-21(12)17)15-4-2-3-13-10-19-7-6-16(13)15/h2-4,6-7,9-12H,5,8H2,1H3,(H,20,22). The molecule has 1 atom stereocenters. The molecule has 4 rings (SSSR count). The molecule has 3 heterocycles. The zero-order chi connectivity index (χ0) is 15.1. The van der Waals surface area contributed by atoms with E-state index in [0.29, 0.717) is 6.04 Å². The molecule has 3 aromatic rings. The van der Waals surface area contributed by atoms with Crippen LogP contribution in [0.25, 0.3) is 21.9 Å². The molecule has 0 spiro atoms. The van der Waals surface area contributed by atoms with Crippen molar-refractivity contribution >= 4 is 16.7 Å². The fourth-order valence-corrected chi connectivity index (χ4v) is 3.17. The van der Waals surface area contributed by atoms with Crippen LogP contribution >= 0.6 is 0 Å². The normalized spacial score (nSPS) is 17.9. The second-order valence-electron chi connectivity index (χ2n) is 5.82. The maximum absolute atomic E-state index is 12.2. The highest BCUT2D eigenvalue weighted by molar-refractivity contribution is 5.99. The molecule has 4 heteroatoms. The minimum atomic E-state index is 0.0116. The number of carbonyl (C=O) groups is 1. The molecule has 0 radical (unpaired) electrons. The Morgan fingerprint density at radius 3 is 3.14 bits per heavy atom. The SMILES string of the molecule is CC1CCNC(=O)c2cc(-c3cccc4cnccc34)cn21. The summed E-state index contributed by atoms with van der Waals surface area (Å²) in [5.74, 6) is 0.0116. The first-order chi connectivity index (χ1) is 10.7. The van der Waals surface area contributed by atoms with Crippen LogP contribution in [0.2, 0.25) is 0 Å². The number of carbonyl (C=O) groups excluding carboxylic acids is 1. The van der Waals surface area contributed by atoms with Crippen molar-refractivity contribution in [2.24, 2.45) is 0 Å². The maximum Gasteiger partial charge on any atom is 0.267 e. The van der Waals surface area contributed by atoms with Gasteiger partial charge in [-0.05, 0) is 36.4 Å². The summed E-state index contributed by atoms with van der Waals surface area (Å²) in [6, 6.07) is 10.5. The molecule has 1 aliphatic rings. The van der Waals surface area contributed by atoms with E-state index < -0.39 is 0 Å². The van der Waals surface area contributed by atoms with Crippen LogP contribution in [0.3, 0.4) is 0 Å². The van der Waals surface area contributed by atoms with E-state index in [4.69, 9.17) is 0 Å². The Morgan fingerprint density at radius 1 is 1.32 bits per heavy atom. The number of pyridine rings is 1. The zero-order valence-electron chi connectivity index (χ0n) is 12.4. The lowest BCUT2D eigenvalue weighted by molar-refractivity contribution is 0.0951. The third kappa shape index (κ3) is 1.99. The molecule has 0 aliphatic carbocycles. The summed E-state index contributed by atoms with van der Waals surface area (Å²) in [4.78, 5) is 16.4. The molecule has 2 aromatic heterocycles. The van der Waals surface area contributed by atoms with Gasteiger partial charge in [0, 0.05) is 42.1 Å². The number of benzene rings is 1. The van der Waals surface area contributed by atoms with Gasteiger partial charge in [0.1, 0.15) is 5.69 Å². The summed E-state index contributed by atoms with van der Waals surface area (Å²) in [5.41, 5.74) is 2.96. The topological polar surface area (TPSA) is 46.9 Å². The third-order valence-corrected chi connectivity index (χ3v) is 4.40. The van der Waals surface area contributed by atoms with Crippen LogP contribution in [-0.4, -0.2) is 22.0 Å². The number of fused-ring (bicyclic) bond motifs is 2. The summed E-state index contributed by atoms with van der Waals surface area (Å²) in [6.45, 7) is 2.89. The van der Waals surface area contributed by atoms with E-state index in [1.54, 1.807) is 0 Å². The lowest BCUT2D eigenvalue weighted by Gasteiger charge is -2.11. The summed E-state index contributed by atoms with van der Waals surface area (Å²) < 4.78 is 2.09. The Bertz CT molecular complexity index is 860. The molecular formula is C18H17N3O. The van der Waals surface area contributed by atoms with E-state index in [9.17, 15) is 4.79 Å². The fourth-order valence-electron chi connectivity index (χ4n) is 3.17. The average molecular weight is 291 g/mol. The van der Waals surface area contributed by atoms with Gasteiger partial charge in [-0.1, -0.05) is 18.2 Å². The average Bonchev–Trinajstić information content (AvgIpc) is 2.94. The number of hydrogen-bond acceptors (Lipinski definition) is 2. The van der Waals surface area contributed by atoms with Crippen LogP contribution in [0.4, 0.5) is 0 Å². The number of hydrogen-bond donors (Lipinski definition) is 1. The first-order valence-electron chi connectivity index (χ1n) is 7.57. The number of nitrogens with zero attached hydrogens (tertiary/aromatic N) is 2. The Morgan fingerprint density at radius 2 is 2.23 bits per heavy atom. The van der Waals surface area contributed by atoms with Crippen molar-refractivity contribution in [1.29, 1.82) is 0 Å². The summed E-state index contributed by atoms with van der Waals surface area (Å²) in [6.07, 6.45) is 6.73. The maximum atomic E-state index is 12.2. The quantitative estimate of drug-likeness (QED) is 0.747. The van der Waals surface area contributed by atoms with Crippen molar-refractivity contribution in [3.05, 3.63) is 54.6 Å². The van der Waals surface area contributed by atoms with Crippen molar-refractivity contribution in [3.63, 3.8) is 0 Å². The van der Waals surface area contributed by atoms with Crippen molar-refractivity contribution in [1.82, 2.24) is 14.9 Å². The Kier molecular flexibility index (Phi) is 2.96. The first-order valence-corrected chi connectivity index (χ1v) is 7.57. The predicted molar refractivity (Wildman–Crippen MR) is 86.8 cm³/mol. The molecule has 1 aromatic carbocycles. The molecule has 4 nitrogen and oxygen atoms in total. The number of amides is 1. The summed E-state index contributed by atoms with van der Waals surface area (Å²) in [7, 11) is 0. The number of aromatic nitrogens is 2. The van der Waals surface area contributed by atoms with E-state index in [0.717, 1.165) is 40.6 Å². The second-order valence-corrected chi connectivity index (χ2v) is 5.82. The van der Waals surface area contributed by atoms with Gasteiger partial charge >= 0.3 is 0 Å². The van der Waals surface area contributed by atoms with E-state index >= 15 is 0 Å². The van der Waals surface area contributed by atoms with Gasteiger partial charge in [-0.15, -0.1) is 0 Å². The lowest BCUT2D eigenvalue weighted by atomic mass is 10.0. The molecule has 1 N–H and O–H groups in total. The number of nitrogens with one attached hydrogen (secondary N) is 1. The number of rotatable bonds is 1. The molecule has 22 heavy (non-hydrogen) atoms.